The summed E-state index contributed by atoms with van der Waals surface area (Å²) < 4.78 is 0. The van der Waals surface area contributed by atoms with E-state index in [1.54, 1.807) is 6.21 Å². The Balaban J connectivity index is 1.83. The van der Waals surface area contributed by atoms with Crippen LogP contribution in [0.4, 0.5) is 0 Å². The summed E-state index contributed by atoms with van der Waals surface area (Å²) in [7, 11) is 0. The lowest BCUT2D eigenvalue weighted by molar-refractivity contribution is 0.704. The molecule has 3 nitrogen and oxygen atoms in total. The first-order valence-corrected chi connectivity index (χ1v) is 6.86. The van der Waals surface area contributed by atoms with Crippen molar-refractivity contribution in [1.29, 1.82) is 0 Å². The van der Waals surface area contributed by atoms with E-state index in [1.807, 2.05) is 48.5 Å². The minimum Gasteiger partial charge on any atom is -0.355 e. The van der Waals surface area contributed by atoms with Crippen LogP contribution in [0.3, 0.4) is 0 Å². The molecular weight excluding hydrogens is 266 g/mol. The van der Waals surface area contributed by atoms with Crippen molar-refractivity contribution in [1.82, 2.24) is 10.7 Å². The molecule has 2 aromatic carbocycles. The summed E-state index contributed by atoms with van der Waals surface area (Å²) in [5.74, 6) is 0. The van der Waals surface area contributed by atoms with Crippen LogP contribution in [0.2, 0.25) is 0 Å². The lowest BCUT2D eigenvalue weighted by Gasteiger charge is -2.15. The second-order valence-corrected chi connectivity index (χ2v) is 4.79. The van der Waals surface area contributed by atoms with Crippen molar-refractivity contribution in [2.75, 3.05) is 0 Å². The summed E-state index contributed by atoms with van der Waals surface area (Å²) >= 11 is 5.21. The zero-order valence-electron chi connectivity index (χ0n) is 11.3. The highest BCUT2D eigenvalue weighted by molar-refractivity contribution is 7.80. The van der Waals surface area contributed by atoms with E-state index in [9.17, 15) is 0 Å². The minimum atomic E-state index is 0.142. The number of hydrazone groups is 1. The average molecular weight is 283 g/mol. The fraction of sp³-hybridized carbons (Fsp3) is 0.125. The van der Waals surface area contributed by atoms with Crippen molar-refractivity contribution >= 4 is 23.5 Å². The molecule has 0 aromatic heterocycles. The largest absolute Gasteiger partial charge is 0.355 e. The number of hydrogen-bond acceptors (Lipinski definition) is 2. The van der Waals surface area contributed by atoms with E-state index in [2.05, 4.69) is 34.9 Å². The first kappa shape index (κ1) is 14.2. The van der Waals surface area contributed by atoms with E-state index in [1.165, 1.54) is 5.56 Å². The Morgan fingerprint density at radius 3 is 2.30 bits per heavy atom. The zero-order chi connectivity index (χ0) is 14.2. The Hall–Kier alpha value is -2.20. The van der Waals surface area contributed by atoms with Crippen molar-refractivity contribution < 1.29 is 0 Å². The van der Waals surface area contributed by atoms with Gasteiger partial charge < -0.3 is 5.32 Å². The van der Waals surface area contributed by atoms with E-state index < -0.39 is 0 Å². The van der Waals surface area contributed by atoms with Crippen LogP contribution in [0.15, 0.2) is 65.8 Å². The van der Waals surface area contributed by atoms with Crippen molar-refractivity contribution in [3.63, 3.8) is 0 Å². The summed E-state index contributed by atoms with van der Waals surface area (Å²) in [6, 6.07) is 20.2. The molecule has 4 heteroatoms. The fourth-order valence-electron chi connectivity index (χ4n) is 1.76. The fourth-order valence-corrected chi connectivity index (χ4v) is 1.99. The lowest BCUT2D eigenvalue weighted by atomic mass is 10.1. The smallest absolute Gasteiger partial charge is 0.187 e. The number of rotatable bonds is 4. The quantitative estimate of drug-likeness (QED) is 0.514. The molecule has 0 aliphatic heterocycles. The molecule has 0 heterocycles. The van der Waals surface area contributed by atoms with Crippen LogP contribution in [0.25, 0.3) is 0 Å². The third kappa shape index (κ3) is 4.48. The molecule has 0 unspecified atom stereocenters. The van der Waals surface area contributed by atoms with Crippen LogP contribution in [-0.4, -0.2) is 11.3 Å². The zero-order valence-corrected chi connectivity index (χ0v) is 12.1. The van der Waals surface area contributed by atoms with Gasteiger partial charge in [0.25, 0.3) is 0 Å². The van der Waals surface area contributed by atoms with Gasteiger partial charge in [0.05, 0.1) is 12.3 Å². The van der Waals surface area contributed by atoms with Gasteiger partial charge in [-0.1, -0.05) is 60.7 Å². The van der Waals surface area contributed by atoms with Gasteiger partial charge in [-0.15, -0.1) is 0 Å². The van der Waals surface area contributed by atoms with Crippen molar-refractivity contribution in [3.05, 3.63) is 71.8 Å². The van der Waals surface area contributed by atoms with E-state index >= 15 is 0 Å². The first-order valence-electron chi connectivity index (χ1n) is 6.45. The second kappa shape index (κ2) is 7.40. The summed E-state index contributed by atoms with van der Waals surface area (Å²) in [6.07, 6.45) is 1.74. The molecule has 2 aromatic rings. The molecule has 0 fully saturated rings. The predicted molar refractivity (Wildman–Crippen MR) is 87.8 cm³/mol. The normalized spacial score (nSPS) is 12.1. The molecule has 20 heavy (non-hydrogen) atoms. The van der Waals surface area contributed by atoms with Crippen LogP contribution < -0.4 is 10.7 Å². The molecule has 2 N–H and O–H groups in total. The van der Waals surface area contributed by atoms with Gasteiger partial charge in [-0.2, -0.15) is 5.10 Å². The molecule has 0 aliphatic rings. The van der Waals surface area contributed by atoms with Crippen LogP contribution in [-0.2, 0) is 0 Å². The minimum absolute atomic E-state index is 0.142. The van der Waals surface area contributed by atoms with Crippen molar-refractivity contribution in [3.8, 4) is 0 Å². The molecule has 0 radical (unpaired) electrons. The van der Waals surface area contributed by atoms with E-state index in [-0.39, 0.29) is 6.04 Å². The highest BCUT2D eigenvalue weighted by Gasteiger charge is 2.04. The van der Waals surface area contributed by atoms with Gasteiger partial charge in [0.1, 0.15) is 0 Å². The molecule has 0 aliphatic carbocycles. The Kier molecular flexibility index (Phi) is 5.26. The molecule has 0 amide bonds. The summed E-state index contributed by atoms with van der Waals surface area (Å²) in [5.41, 5.74) is 5.03. The van der Waals surface area contributed by atoms with E-state index in [4.69, 9.17) is 12.2 Å². The maximum absolute atomic E-state index is 5.21. The monoisotopic (exact) mass is 283 g/mol. The Bertz CT molecular complexity index is 567. The van der Waals surface area contributed by atoms with Gasteiger partial charge in [-0.3, -0.25) is 5.43 Å². The molecule has 102 valence electrons. The Morgan fingerprint density at radius 1 is 1.05 bits per heavy atom. The van der Waals surface area contributed by atoms with Crippen molar-refractivity contribution in [2.45, 2.75) is 13.0 Å². The van der Waals surface area contributed by atoms with Crippen molar-refractivity contribution in [2.24, 2.45) is 5.10 Å². The van der Waals surface area contributed by atoms with Crippen LogP contribution >= 0.6 is 12.2 Å². The van der Waals surface area contributed by atoms with Crippen LogP contribution in [0, 0.1) is 0 Å². The predicted octanol–water partition coefficient (Wildman–Crippen LogP) is 3.25. The Morgan fingerprint density at radius 2 is 1.65 bits per heavy atom. The topological polar surface area (TPSA) is 36.4 Å². The third-order valence-corrected chi connectivity index (χ3v) is 3.04. The summed E-state index contributed by atoms with van der Waals surface area (Å²) in [4.78, 5) is 0. The Labute approximate surface area is 124 Å². The van der Waals surface area contributed by atoms with E-state index in [0.717, 1.165) is 5.56 Å². The number of nitrogens with zero attached hydrogens (tertiary/aromatic N) is 1. The number of hydrogen-bond donors (Lipinski definition) is 2. The van der Waals surface area contributed by atoms with Crippen LogP contribution in [0.1, 0.15) is 24.1 Å². The number of benzene rings is 2. The SMILES string of the molecule is C[C@@H](NC(=S)N/N=C/c1ccccc1)c1ccccc1. The summed E-state index contributed by atoms with van der Waals surface area (Å²) in [6.45, 7) is 2.06. The molecule has 0 saturated heterocycles. The van der Waals surface area contributed by atoms with Gasteiger partial charge in [0.15, 0.2) is 5.11 Å². The number of thiocarbonyl (C=S) groups is 1. The number of nitrogens with one attached hydrogen (secondary N) is 2. The maximum Gasteiger partial charge on any atom is 0.187 e. The highest BCUT2D eigenvalue weighted by Crippen LogP contribution is 2.10. The summed E-state index contributed by atoms with van der Waals surface area (Å²) in [5, 5.41) is 7.81. The van der Waals surface area contributed by atoms with Crippen LogP contribution in [0.5, 0.6) is 0 Å². The second-order valence-electron chi connectivity index (χ2n) is 4.39. The molecule has 0 bridgehead atoms. The molecule has 0 spiro atoms. The van der Waals surface area contributed by atoms with Gasteiger partial charge in [0.2, 0.25) is 0 Å². The van der Waals surface area contributed by atoms with Gasteiger partial charge >= 0.3 is 0 Å². The molecule has 1 atom stereocenters. The standard InChI is InChI=1S/C16H17N3S/c1-13(15-10-6-3-7-11-15)18-16(20)19-17-12-14-8-4-2-5-9-14/h2-13H,1H3,(H2,18,19,20)/b17-12+/t13-/m1/s1. The van der Waals surface area contributed by atoms with Gasteiger partial charge in [-0.05, 0) is 30.3 Å². The molecule has 2 rings (SSSR count). The highest BCUT2D eigenvalue weighted by atomic mass is 32.1. The third-order valence-electron chi connectivity index (χ3n) is 2.83. The lowest BCUT2D eigenvalue weighted by Crippen LogP contribution is -2.34. The molecule has 0 saturated carbocycles. The first-order chi connectivity index (χ1) is 9.75. The van der Waals surface area contributed by atoms with Gasteiger partial charge in [-0.25, -0.2) is 0 Å². The van der Waals surface area contributed by atoms with Gasteiger partial charge in [0, 0.05) is 0 Å². The van der Waals surface area contributed by atoms with E-state index in [0.29, 0.717) is 5.11 Å². The maximum atomic E-state index is 5.21. The average Bonchev–Trinajstić information content (AvgIpc) is 2.49. The molecular formula is C16H17N3S.